The molecule has 1 aliphatic rings. The molecule has 0 aromatic rings. The molecule has 5 nitrogen and oxygen atoms in total. The molecule has 0 aromatic carbocycles. The number of rotatable bonds is 1. The smallest absolute Gasteiger partial charge is 0.299 e. The molecule has 0 radical (unpaired) electrons. The molecule has 1 rings (SSSR count). The van der Waals surface area contributed by atoms with Crippen molar-refractivity contribution in [2.24, 2.45) is 0 Å². The average Bonchev–Trinajstić information content (AvgIpc) is 2.29. The lowest BCUT2D eigenvalue weighted by atomic mass is 10.1. The Labute approximate surface area is 109 Å². The molecule has 0 N–H and O–H groups in total. The Bertz CT molecular complexity index is 404. The van der Waals surface area contributed by atoms with Crippen molar-refractivity contribution in [3.63, 3.8) is 0 Å². The van der Waals surface area contributed by atoms with Crippen LogP contribution in [0.4, 0.5) is 0 Å². The van der Waals surface area contributed by atoms with E-state index >= 15 is 0 Å². The first-order valence-corrected chi connectivity index (χ1v) is 5.97. The number of piperazine rings is 1. The normalized spacial score (nSPS) is 16.7. The second-order valence-corrected chi connectivity index (χ2v) is 5.25. The van der Waals surface area contributed by atoms with E-state index in [2.05, 4.69) is 11.8 Å². The quantitative estimate of drug-likeness (QED) is 0.597. The Morgan fingerprint density at radius 1 is 1.33 bits per heavy atom. The standard InChI is InChI=1S/C13H21N3O2/c1-13(2,14(3)4)7-6-11(17)16-9-8-15(5)12(18)10-16/h8-10H2,1-5H3. The molecule has 0 atom stereocenters. The van der Waals surface area contributed by atoms with Crippen molar-refractivity contribution in [2.45, 2.75) is 19.4 Å². The molecular weight excluding hydrogens is 230 g/mol. The summed E-state index contributed by atoms with van der Waals surface area (Å²) in [4.78, 5) is 28.5. The van der Waals surface area contributed by atoms with E-state index in [1.165, 1.54) is 4.90 Å². The van der Waals surface area contributed by atoms with Gasteiger partial charge in [0.05, 0.1) is 5.54 Å². The van der Waals surface area contributed by atoms with Gasteiger partial charge in [-0.2, -0.15) is 0 Å². The van der Waals surface area contributed by atoms with Crippen molar-refractivity contribution < 1.29 is 9.59 Å². The Morgan fingerprint density at radius 2 is 1.94 bits per heavy atom. The second-order valence-electron chi connectivity index (χ2n) is 5.25. The third kappa shape index (κ3) is 3.47. The Hall–Kier alpha value is -1.54. The molecule has 1 aliphatic heterocycles. The minimum absolute atomic E-state index is 0.0386. The van der Waals surface area contributed by atoms with Gasteiger partial charge in [-0.3, -0.25) is 14.5 Å². The van der Waals surface area contributed by atoms with Crippen LogP contribution in [0.3, 0.4) is 0 Å². The molecule has 0 saturated carbocycles. The van der Waals surface area contributed by atoms with Gasteiger partial charge in [0.25, 0.3) is 5.91 Å². The molecule has 5 heteroatoms. The lowest BCUT2D eigenvalue weighted by molar-refractivity contribution is -0.141. The van der Waals surface area contributed by atoms with Crippen molar-refractivity contribution >= 4 is 11.8 Å². The van der Waals surface area contributed by atoms with Crippen molar-refractivity contribution in [3.05, 3.63) is 0 Å². The summed E-state index contributed by atoms with van der Waals surface area (Å²) in [7, 11) is 5.57. The number of nitrogens with zero attached hydrogens (tertiary/aromatic N) is 3. The Kier molecular flexibility index (Phi) is 4.36. The summed E-state index contributed by atoms with van der Waals surface area (Å²) in [6.07, 6.45) is 0. The van der Waals surface area contributed by atoms with E-state index in [9.17, 15) is 9.59 Å². The van der Waals surface area contributed by atoms with E-state index in [4.69, 9.17) is 0 Å². The maximum Gasteiger partial charge on any atom is 0.299 e. The molecule has 0 aromatic heterocycles. The van der Waals surface area contributed by atoms with E-state index in [1.807, 2.05) is 32.8 Å². The van der Waals surface area contributed by atoms with Crippen LogP contribution in [0.15, 0.2) is 0 Å². The van der Waals surface area contributed by atoms with Gasteiger partial charge in [0, 0.05) is 20.1 Å². The lowest BCUT2D eigenvalue weighted by Crippen LogP contribution is -2.50. The highest BCUT2D eigenvalue weighted by Crippen LogP contribution is 2.07. The first kappa shape index (κ1) is 14.5. The molecule has 1 fully saturated rings. The largest absolute Gasteiger partial charge is 0.342 e. The van der Waals surface area contributed by atoms with Gasteiger partial charge in [0.1, 0.15) is 6.54 Å². The zero-order valence-electron chi connectivity index (χ0n) is 11.8. The number of amides is 2. The highest BCUT2D eigenvalue weighted by atomic mass is 16.2. The summed E-state index contributed by atoms with van der Waals surface area (Å²) < 4.78 is 0. The minimum Gasteiger partial charge on any atom is -0.342 e. The third-order valence-electron chi connectivity index (χ3n) is 3.34. The SMILES string of the molecule is CN1CCN(C(=O)C#CC(C)(C)N(C)C)CC1=O. The Balaban J connectivity index is 2.68. The van der Waals surface area contributed by atoms with E-state index in [-0.39, 0.29) is 23.9 Å². The van der Waals surface area contributed by atoms with Crippen LogP contribution in [0, 0.1) is 11.8 Å². The third-order valence-corrected chi connectivity index (χ3v) is 3.34. The van der Waals surface area contributed by atoms with Gasteiger partial charge in [-0.05, 0) is 33.9 Å². The number of carbonyl (C=O) groups is 2. The van der Waals surface area contributed by atoms with Crippen LogP contribution in [0.25, 0.3) is 0 Å². The average molecular weight is 251 g/mol. The Morgan fingerprint density at radius 3 is 2.44 bits per heavy atom. The van der Waals surface area contributed by atoms with Gasteiger partial charge in [-0.25, -0.2) is 0 Å². The monoisotopic (exact) mass is 251 g/mol. The fourth-order valence-electron chi connectivity index (χ4n) is 1.33. The van der Waals surface area contributed by atoms with Gasteiger partial charge in [0.15, 0.2) is 0 Å². The number of hydrogen-bond donors (Lipinski definition) is 0. The predicted octanol–water partition coefficient (Wildman–Crippen LogP) is -0.369. The first-order valence-electron chi connectivity index (χ1n) is 5.97. The zero-order valence-corrected chi connectivity index (χ0v) is 11.8. The van der Waals surface area contributed by atoms with E-state index in [0.717, 1.165) is 0 Å². The predicted molar refractivity (Wildman–Crippen MR) is 69.8 cm³/mol. The van der Waals surface area contributed by atoms with E-state index in [0.29, 0.717) is 13.1 Å². The molecule has 1 saturated heterocycles. The molecule has 0 aliphatic carbocycles. The highest BCUT2D eigenvalue weighted by Gasteiger charge is 2.24. The summed E-state index contributed by atoms with van der Waals surface area (Å²) in [5.74, 6) is 5.26. The summed E-state index contributed by atoms with van der Waals surface area (Å²) in [6, 6.07) is 0. The molecule has 1 heterocycles. The van der Waals surface area contributed by atoms with Crippen LogP contribution in [-0.4, -0.2) is 72.8 Å². The summed E-state index contributed by atoms with van der Waals surface area (Å²) >= 11 is 0. The second kappa shape index (κ2) is 5.40. The van der Waals surface area contributed by atoms with Gasteiger partial charge < -0.3 is 9.80 Å². The number of carbonyl (C=O) groups excluding carboxylic acids is 2. The van der Waals surface area contributed by atoms with Crippen molar-refractivity contribution in [3.8, 4) is 11.8 Å². The molecule has 100 valence electrons. The molecule has 0 unspecified atom stereocenters. The number of likely N-dealkylation sites (N-methyl/N-ethyl adjacent to an activating group) is 1. The molecule has 0 spiro atoms. The first-order chi connectivity index (χ1) is 8.24. The molecule has 2 amide bonds. The summed E-state index contributed by atoms with van der Waals surface area (Å²) in [5, 5.41) is 0. The summed E-state index contributed by atoms with van der Waals surface area (Å²) in [6.45, 7) is 5.15. The van der Waals surface area contributed by atoms with Crippen LogP contribution < -0.4 is 0 Å². The zero-order chi connectivity index (χ0) is 13.9. The molecule has 18 heavy (non-hydrogen) atoms. The molecular formula is C13H21N3O2. The maximum absolute atomic E-state index is 11.9. The number of hydrogen-bond acceptors (Lipinski definition) is 3. The molecule has 0 bridgehead atoms. The van der Waals surface area contributed by atoms with Crippen molar-refractivity contribution in [1.29, 1.82) is 0 Å². The summed E-state index contributed by atoms with van der Waals surface area (Å²) in [5.41, 5.74) is -0.355. The van der Waals surface area contributed by atoms with E-state index < -0.39 is 0 Å². The van der Waals surface area contributed by atoms with Crippen LogP contribution in [-0.2, 0) is 9.59 Å². The lowest BCUT2D eigenvalue weighted by Gasteiger charge is -2.31. The van der Waals surface area contributed by atoms with Crippen LogP contribution >= 0.6 is 0 Å². The maximum atomic E-state index is 11.9. The van der Waals surface area contributed by atoms with Crippen molar-refractivity contribution in [1.82, 2.24) is 14.7 Å². The van der Waals surface area contributed by atoms with Gasteiger partial charge in [0.2, 0.25) is 5.91 Å². The fourth-order valence-corrected chi connectivity index (χ4v) is 1.33. The minimum atomic E-state index is -0.355. The fraction of sp³-hybridized carbons (Fsp3) is 0.692. The van der Waals surface area contributed by atoms with Gasteiger partial charge in [-0.15, -0.1) is 0 Å². The van der Waals surface area contributed by atoms with Gasteiger partial charge >= 0.3 is 0 Å². The van der Waals surface area contributed by atoms with Crippen LogP contribution in [0.5, 0.6) is 0 Å². The van der Waals surface area contributed by atoms with E-state index in [1.54, 1.807) is 11.9 Å². The topological polar surface area (TPSA) is 43.9 Å². The highest BCUT2D eigenvalue weighted by molar-refractivity contribution is 5.96. The van der Waals surface area contributed by atoms with Crippen LogP contribution in [0.2, 0.25) is 0 Å². The van der Waals surface area contributed by atoms with Crippen LogP contribution in [0.1, 0.15) is 13.8 Å². The van der Waals surface area contributed by atoms with Gasteiger partial charge in [-0.1, -0.05) is 5.92 Å². The van der Waals surface area contributed by atoms with Crippen molar-refractivity contribution in [2.75, 3.05) is 40.8 Å².